The van der Waals surface area contributed by atoms with Crippen LogP contribution < -0.4 is 0 Å². The molecule has 21 heavy (non-hydrogen) atoms. The average Bonchev–Trinajstić information content (AvgIpc) is 3.08. The van der Waals surface area contributed by atoms with Gasteiger partial charge in [0.1, 0.15) is 11.2 Å². The lowest BCUT2D eigenvalue weighted by atomic mass is 9.78. The van der Waals surface area contributed by atoms with Crippen LogP contribution in [0.5, 0.6) is 0 Å². The summed E-state index contributed by atoms with van der Waals surface area (Å²) >= 11 is 0. The molecule has 0 radical (unpaired) electrons. The highest BCUT2D eigenvalue weighted by Gasteiger charge is 2.49. The molecule has 4 heteroatoms. The highest BCUT2D eigenvalue weighted by Crippen LogP contribution is 2.50. The Labute approximate surface area is 123 Å². The number of aryl methyl sites for hydroxylation is 1. The standard InChI is InChI=1S/C17H18N2O2/c1-2-21-16(20)17-10-5-8-14(17)19-13-7-4-3-6-12(13)18-15(19)9-11-17/h3-4,6-8H,2,5,9-11H2,1H3. The number of hydrogen-bond donors (Lipinski definition) is 0. The van der Waals surface area contributed by atoms with Gasteiger partial charge >= 0.3 is 5.97 Å². The molecule has 0 amide bonds. The number of nitrogens with zero attached hydrogens (tertiary/aromatic N) is 2. The van der Waals surface area contributed by atoms with Crippen molar-refractivity contribution in [3.63, 3.8) is 0 Å². The molecule has 0 N–H and O–H groups in total. The van der Waals surface area contributed by atoms with Gasteiger partial charge in [0.15, 0.2) is 0 Å². The van der Waals surface area contributed by atoms with Crippen LogP contribution in [-0.2, 0) is 16.0 Å². The predicted octanol–water partition coefficient (Wildman–Crippen LogP) is 3.17. The Kier molecular flexibility index (Phi) is 2.67. The van der Waals surface area contributed by atoms with E-state index in [0.29, 0.717) is 6.61 Å². The Morgan fingerprint density at radius 1 is 1.38 bits per heavy atom. The van der Waals surface area contributed by atoms with E-state index in [-0.39, 0.29) is 5.97 Å². The summed E-state index contributed by atoms with van der Waals surface area (Å²) in [6.07, 6.45) is 5.60. The van der Waals surface area contributed by atoms with Crippen molar-refractivity contribution >= 4 is 22.7 Å². The molecule has 2 aliphatic rings. The molecule has 4 rings (SSSR count). The summed E-state index contributed by atoms with van der Waals surface area (Å²) in [5.74, 6) is 0.987. The number of hydrogen-bond acceptors (Lipinski definition) is 3. The van der Waals surface area contributed by atoms with Crippen LogP contribution in [0.15, 0.2) is 30.3 Å². The molecule has 0 saturated carbocycles. The van der Waals surface area contributed by atoms with Crippen molar-refractivity contribution in [3.05, 3.63) is 36.2 Å². The Bertz CT molecular complexity index is 759. The minimum atomic E-state index is -0.466. The first-order chi connectivity index (χ1) is 10.3. The maximum atomic E-state index is 12.6. The van der Waals surface area contributed by atoms with Crippen molar-refractivity contribution in [1.82, 2.24) is 9.55 Å². The smallest absolute Gasteiger partial charge is 0.318 e. The Balaban J connectivity index is 1.91. The summed E-state index contributed by atoms with van der Waals surface area (Å²) in [5.41, 5.74) is 2.71. The topological polar surface area (TPSA) is 44.1 Å². The maximum absolute atomic E-state index is 12.6. The van der Waals surface area contributed by atoms with Gasteiger partial charge in [-0.2, -0.15) is 0 Å². The number of benzene rings is 1. The number of carbonyl (C=O) groups excluding carboxylic acids is 1. The monoisotopic (exact) mass is 282 g/mol. The number of rotatable bonds is 2. The molecule has 4 nitrogen and oxygen atoms in total. The first-order valence-electron chi connectivity index (χ1n) is 7.61. The van der Waals surface area contributed by atoms with Crippen LogP contribution in [0, 0.1) is 5.41 Å². The van der Waals surface area contributed by atoms with Crippen LogP contribution in [-0.4, -0.2) is 22.1 Å². The molecule has 1 atom stereocenters. The second kappa shape index (κ2) is 4.45. The minimum Gasteiger partial charge on any atom is -0.465 e. The molecule has 0 fully saturated rings. The van der Waals surface area contributed by atoms with Crippen molar-refractivity contribution in [2.45, 2.75) is 32.6 Å². The largest absolute Gasteiger partial charge is 0.465 e. The molecule has 108 valence electrons. The van der Waals surface area contributed by atoms with Crippen LogP contribution in [0.3, 0.4) is 0 Å². The Morgan fingerprint density at radius 3 is 3.10 bits per heavy atom. The zero-order valence-electron chi connectivity index (χ0n) is 12.1. The Morgan fingerprint density at radius 2 is 2.24 bits per heavy atom. The van der Waals surface area contributed by atoms with Gasteiger partial charge in [-0.3, -0.25) is 9.36 Å². The summed E-state index contributed by atoms with van der Waals surface area (Å²) in [6.45, 7) is 2.30. The summed E-state index contributed by atoms with van der Waals surface area (Å²) in [5, 5.41) is 0. The van der Waals surface area contributed by atoms with Crippen LogP contribution >= 0.6 is 0 Å². The van der Waals surface area contributed by atoms with Crippen LogP contribution in [0.4, 0.5) is 0 Å². The van der Waals surface area contributed by atoms with E-state index in [1.807, 2.05) is 25.1 Å². The highest BCUT2D eigenvalue weighted by molar-refractivity contribution is 5.93. The number of allylic oxidation sites excluding steroid dienone is 1. The zero-order chi connectivity index (χ0) is 14.4. The SMILES string of the molecule is CCOC(=O)C12CCC=C1n1c(nc3ccccc31)CC2. The van der Waals surface area contributed by atoms with Gasteiger partial charge in [-0.15, -0.1) is 0 Å². The quantitative estimate of drug-likeness (QED) is 0.795. The van der Waals surface area contributed by atoms with E-state index >= 15 is 0 Å². The van der Waals surface area contributed by atoms with Gasteiger partial charge in [-0.1, -0.05) is 18.2 Å². The molecule has 0 spiro atoms. The molecule has 0 saturated heterocycles. The maximum Gasteiger partial charge on any atom is 0.318 e. The summed E-state index contributed by atoms with van der Waals surface area (Å²) in [4.78, 5) is 17.3. The van der Waals surface area contributed by atoms with Crippen LogP contribution in [0.1, 0.15) is 32.0 Å². The first kappa shape index (κ1) is 12.6. The van der Waals surface area contributed by atoms with Gasteiger partial charge in [-0.25, -0.2) is 4.98 Å². The number of para-hydroxylation sites is 2. The summed E-state index contributed by atoms with van der Waals surface area (Å²) in [7, 11) is 0. The van der Waals surface area contributed by atoms with E-state index in [1.54, 1.807) is 0 Å². The van der Waals surface area contributed by atoms with E-state index in [1.165, 1.54) is 0 Å². The second-order valence-corrected chi connectivity index (χ2v) is 5.78. The third-order valence-electron chi connectivity index (χ3n) is 4.71. The number of fused-ring (bicyclic) bond motifs is 5. The van der Waals surface area contributed by atoms with Gasteiger partial charge in [0, 0.05) is 12.1 Å². The number of aromatic nitrogens is 2. The molecule has 2 aromatic rings. The lowest BCUT2D eigenvalue weighted by molar-refractivity contribution is -0.152. The number of ether oxygens (including phenoxy) is 1. The molecular weight excluding hydrogens is 264 g/mol. The first-order valence-corrected chi connectivity index (χ1v) is 7.61. The normalized spacial score (nSPS) is 23.6. The van der Waals surface area contributed by atoms with Crippen molar-refractivity contribution in [3.8, 4) is 0 Å². The van der Waals surface area contributed by atoms with E-state index in [0.717, 1.165) is 48.2 Å². The highest BCUT2D eigenvalue weighted by atomic mass is 16.5. The fourth-order valence-corrected chi connectivity index (χ4v) is 3.75. The van der Waals surface area contributed by atoms with Gasteiger partial charge < -0.3 is 4.74 Å². The molecule has 1 unspecified atom stereocenters. The average molecular weight is 282 g/mol. The fourth-order valence-electron chi connectivity index (χ4n) is 3.75. The van der Waals surface area contributed by atoms with E-state index in [2.05, 4.69) is 16.7 Å². The van der Waals surface area contributed by atoms with Gasteiger partial charge in [0.25, 0.3) is 0 Å². The molecule has 2 heterocycles. The van der Waals surface area contributed by atoms with Gasteiger partial charge in [0.05, 0.1) is 17.6 Å². The lowest BCUT2D eigenvalue weighted by Gasteiger charge is -2.34. The molecule has 0 bridgehead atoms. The third kappa shape index (κ3) is 1.62. The second-order valence-electron chi connectivity index (χ2n) is 5.78. The van der Waals surface area contributed by atoms with Crippen LogP contribution in [0.2, 0.25) is 0 Å². The molecule has 1 aliphatic heterocycles. The molecule has 1 aliphatic carbocycles. The lowest BCUT2D eigenvalue weighted by Crippen LogP contribution is -2.38. The van der Waals surface area contributed by atoms with Gasteiger partial charge in [0.2, 0.25) is 0 Å². The molecule has 1 aromatic heterocycles. The summed E-state index contributed by atoms with van der Waals surface area (Å²) < 4.78 is 7.56. The Hall–Kier alpha value is -2.10. The number of imidazole rings is 1. The van der Waals surface area contributed by atoms with E-state index in [9.17, 15) is 4.79 Å². The predicted molar refractivity (Wildman–Crippen MR) is 80.6 cm³/mol. The third-order valence-corrected chi connectivity index (χ3v) is 4.71. The van der Waals surface area contributed by atoms with Crippen molar-refractivity contribution in [2.24, 2.45) is 5.41 Å². The molecule has 1 aromatic carbocycles. The minimum absolute atomic E-state index is 0.0721. The zero-order valence-corrected chi connectivity index (χ0v) is 12.1. The van der Waals surface area contributed by atoms with Crippen molar-refractivity contribution in [1.29, 1.82) is 0 Å². The van der Waals surface area contributed by atoms with E-state index < -0.39 is 5.41 Å². The van der Waals surface area contributed by atoms with Crippen LogP contribution in [0.25, 0.3) is 16.7 Å². The summed E-state index contributed by atoms with van der Waals surface area (Å²) in [6, 6.07) is 8.13. The van der Waals surface area contributed by atoms with Gasteiger partial charge in [-0.05, 0) is 38.3 Å². The van der Waals surface area contributed by atoms with Crippen molar-refractivity contribution in [2.75, 3.05) is 6.61 Å². The molecular formula is C17H18N2O2. The van der Waals surface area contributed by atoms with E-state index in [4.69, 9.17) is 9.72 Å². The number of esters is 1. The number of carbonyl (C=O) groups is 1. The van der Waals surface area contributed by atoms with Crippen molar-refractivity contribution < 1.29 is 9.53 Å². The fraction of sp³-hybridized carbons (Fsp3) is 0.412.